The van der Waals surface area contributed by atoms with Crippen molar-refractivity contribution in [3.63, 3.8) is 0 Å². The number of amides is 1. The SMILES string of the molecule is O=C(CCn1nc(Cl)c2ccccc21)NCc1ccc(F)cc1. The summed E-state index contributed by atoms with van der Waals surface area (Å²) in [6, 6.07) is 13.7. The van der Waals surface area contributed by atoms with Gasteiger partial charge in [-0.1, -0.05) is 35.9 Å². The van der Waals surface area contributed by atoms with Crippen LogP contribution in [0.3, 0.4) is 0 Å². The quantitative estimate of drug-likeness (QED) is 0.777. The topological polar surface area (TPSA) is 46.9 Å². The van der Waals surface area contributed by atoms with Gasteiger partial charge in [0.25, 0.3) is 0 Å². The molecule has 0 aliphatic rings. The summed E-state index contributed by atoms with van der Waals surface area (Å²) in [5.74, 6) is -0.382. The van der Waals surface area contributed by atoms with E-state index in [-0.39, 0.29) is 11.7 Å². The molecule has 6 heteroatoms. The van der Waals surface area contributed by atoms with Gasteiger partial charge in [-0.25, -0.2) is 4.39 Å². The second kappa shape index (κ2) is 6.79. The number of hydrogen-bond donors (Lipinski definition) is 1. The van der Waals surface area contributed by atoms with Crippen LogP contribution >= 0.6 is 11.6 Å². The van der Waals surface area contributed by atoms with E-state index < -0.39 is 0 Å². The number of rotatable bonds is 5. The fraction of sp³-hybridized carbons (Fsp3) is 0.176. The van der Waals surface area contributed by atoms with E-state index in [4.69, 9.17) is 11.6 Å². The number of nitrogens with one attached hydrogen (secondary N) is 1. The third-order valence-corrected chi connectivity index (χ3v) is 3.85. The molecule has 0 unspecified atom stereocenters. The van der Waals surface area contributed by atoms with Gasteiger partial charge in [-0.15, -0.1) is 0 Å². The van der Waals surface area contributed by atoms with Gasteiger partial charge in [0.1, 0.15) is 5.82 Å². The molecule has 3 rings (SSSR count). The summed E-state index contributed by atoms with van der Waals surface area (Å²) in [6.07, 6.45) is 0.295. The van der Waals surface area contributed by atoms with Gasteiger partial charge in [0, 0.05) is 18.4 Å². The van der Waals surface area contributed by atoms with Gasteiger partial charge in [-0.2, -0.15) is 5.10 Å². The first-order chi connectivity index (χ1) is 11.1. The molecule has 1 heterocycles. The van der Waals surface area contributed by atoms with E-state index in [0.29, 0.717) is 24.7 Å². The first-order valence-electron chi connectivity index (χ1n) is 7.25. The standard InChI is InChI=1S/C17H15ClFN3O/c18-17-14-3-1-2-4-15(14)22(21-17)10-9-16(23)20-11-12-5-7-13(19)8-6-12/h1-8H,9-11H2,(H,20,23). The number of aromatic nitrogens is 2. The van der Waals surface area contributed by atoms with Crippen LogP contribution in [0.4, 0.5) is 4.39 Å². The number of aryl methyl sites for hydroxylation is 1. The second-order valence-electron chi connectivity index (χ2n) is 5.18. The zero-order valence-electron chi connectivity index (χ0n) is 12.3. The summed E-state index contributed by atoms with van der Waals surface area (Å²) in [5.41, 5.74) is 1.76. The number of hydrogen-bond acceptors (Lipinski definition) is 2. The van der Waals surface area contributed by atoms with Gasteiger partial charge in [0.15, 0.2) is 5.15 Å². The van der Waals surface area contributed by atoms with Crippen molar-refractivity contribution in [3.05, 3.63) is 65.1 Å². The fourth-order valence-electron chi connectivity index (χ4n) is 2.36. The number of fused-ring (bicyclic) bond motifs is 1. The van der Waals surface area contributed by atoms with Crippen molar-refractivity contribution in [3.8, 4) is 0 Å². The normalized spacial score (nSPS) is 10.9. The lowest BCUT2D eigenvalue weighted by molar-refractivity contribution is -0.121. The van der Waals surface area contributed by atoms with Crippen LogP contribution < -0.4 is 5.32 Å². The number of para-hydroxylation sites is 1. The van der Waals surface area contributed by atoms with Crippen LogP contribution in [0.5, 0.6) is 0 Å². The summed E-state index contributed by atoms with van der Waals surface area (Å²) < 4.78 is 14.5. The summed E-state index contributed by atoms with van der Waals surface area (Å²) in [5, 5.41) is 8.37. The molecule has 118 valence electrons. The molecule has 0 spiro atoms. The smallest absolute Gasteiger partial charge is 0.222 e. The van der Waals surface area contributed by atoms with Crippen LogP contribution in [0.2, 0.25) is 5.15 Å². The highest BCUT2D eigenvalue weighted by Crippen LogP contribution is 2.22. The molecule has 0 aliphatic carbocycles. The van der Waals surface area contributed by atoms with Gasteiger partial charge < -0.3 is 5.32 Å². The van der Waals surface area contributed by atoms with Crippen molar-refractivity contribution < 1.29 is 9.18 Å². The zero-order valence-corrected chi connectivity index (χ0v) is 13.1. The maximum absolute atomic E-state index is 12.8. The molecule has 2 aromatic carbocycles. The lowest BCUT2D eigenvalue weighted by Crippen LogP contribution is -2.24. The molecule has 3 aromatic rings. The Morgan fingerprint density at radius 3 is 2.70 bits per heavy atom. The summed E-state index contributed by atoms with van der Waals surface area (Å²) in [4.78, 5) is 11.9. The van der Waals surface area contributed by atoms with Gasteiger partial charge in [-0.05, 0) is 29.8 Å². The lowest BCUT2D eigenvalue weighted by Gasteiger charge is -2.06. The van der Waals surface area contributed by atoms with Crippen molar-refractivity contribution in [2.24, 2.45) is 0 Å². The predicted molar refractivity (Wildman–Crippen MR) is 87.6 cm³/mol. The Morgan fingerprint density at radius 1 is 1.17 bits per heavy atom. The maximum atomic E-state index is 12.8. The van der Waals surface area contributed by atoms with E-state index in [1.807, 2.05) is 24.3 Å². The molecule has 0 fully saturated rings. The number of nitrogens with zero attached hydrogens (tertiary/aromatic N) is 2. The Morgan fingerprint density at radius 2 is 1.91 bits per heavy atom. The van der Waals surface area contributed by atoms with Gasteiger partial charge in [0.05, 0.1) is 12.1 Å². The Labute approximate surface area is 137 Å². The Hall–Kier alpha value is -2.40. The highest BCUT2D eigenvalue weighted by molar-refractivity contribution is 6.34. The molecular weight excluding hydrogens is 317 g/mol. The average molecular weight is 332 g/mol. The Kier molecular flexibility index (Phi) is 4.57. The van der Waals surface area contributed by atoms with Crippen molar-refractivity contribution in [2.45, 2.75) is 19.5 Å². The van der Waals surface area contributed by atoms with Crippen LogP contribution in [0.1, 0.15) is 12.0 Å². The van der Waals surface area contributed by atoms with E-state index in [9.17, 15) is 9.18 Å². The van der Waals surface area contributed by atoms with E-state index in [0.717, 1.165) is 16.5 Å². The minimum absolute atomic E-state index is 0.0926. The molecule has 0 aliphatic heterocycles. The average Bonchev–Trinajstić information content (AvgIpc) is 2.89. The number of carbonyl (C=O) groups is 1. The fourth-order valence-corrected chi connectivity index (χ4v) is 2.61. The summed E-state index contributed by atoms with van der Waals surface area (Å²) >= 11 is 6.08. The van der Waals surface area contributed by atoms with E-state index >= 15 is 0 Å². The van der Waals surface area contributed by atoms with Crippen LogP contribution in [-0.2, 0) is 17.9 Å². The summed E-state index contributed by atoms with van der Waals surface area (Å²) in [6.45, 7) is 0.822. The van der Waals surface area contributed by atoms with Gasteiger partial charge in [0.2, 0.25) is 5.91 Å². The van der Waals surface area contributed by atoms with Crippen LogP contribution in [0, 0.1) is 5.82 Å². The molecule has 0 atom stereocenters. The minimum Gasteiger partial charge on any atom is -0.352 e. The highest BCUT2D eigenvalue weighted by atomic mass is 35.5. The highest BCUT2D eigenvalue weighted by Gasteiger charge is 2.09. The molecule has 0 bridgehead atoms. The third-order valence-electron chi connectivity index (χ3n) is 3.57. The van der Waals surface area contributed by atoms with Gasteiger partial charge in [-0.3, -0.25) is 9.48 Å². The van der Waals surface area contributed by atoms with E-state index in [1.165, 1.54) is 12.1 Å². The summed E-state index contributed by atoms with van der Waals surface area (Å²) in [7, 11) is 0. The molecule has 0 radical (unpaired) electrons. The Bertz CT molecular complexity index is 829. The number of halogens is 2. The first-order valence-corrected chi connectivity index (χ1v) is 7.63. The first kappa shape index (κ1) is 15.5. The van der Waals surface area contributed by atoms with Crippen LogP contribution in [0.15, 0.2) is 48.5 Å². The third kappa shape index (κ3) is 3.68. The molecule has 1 aromatic heterocycles. The monoisotopic (exact) mass is 331 g/mol. The van der Waals surface area contributed by atoms with Crippen LogP contribution in [-0.4, -0.2) is 15.7 Å². The molecule has 0 saturated carbocycles. The molecule has 0 saturated heterocycles. The lowest BCUT2D eigenvalue weighted by atomic mass is 10.2. The van der Waals surface area contributed by atoms with E-state index in [1.54, 1.807) is 16.8 Å². The number of benzene rings is 2. The molecule has 4 nitrogen and oxygen atoms in total. The van der Waals surface area contributed by atoms with Crippen LogP contribution in [0.25, 0.3) is 10.9 Å². The molecule has 1 N–H and O–H groups in total. The van der Waals surface area contributed by atoms with Crippen molar-refractivity contribution in [2.75, 3.05) is 0 Å². The largest absolute Gasteiger partial charge is 0.352 e. The molecule has 1 amide bonds. The Balaban J connectivity index is 1.57. The van der Waals surface area contributed by atoms with Crippen molar-refractivity contribution in [1.82, 2.24) is 15.1 Å². The predicted octanol–water partition coefficient (Wildman–Crippen LogP) is 3.54. The minimum atomic E-state index is -0.289. The second-order valence-corrected chi connectivity index (χ2v) is 5.54. The number of carbonyl (C=O) groups excluding carboxylic acids is 1. The van der Waals surface area contributed by atoms with Crippen molar-refractivity contribution in [1.29, 1.82) is 0 Å². The zero-order chi connectivity index (χ0) is 16.2. The van der Waals surface area contributed by atoms with Crippen molar-refractivity contribution >= 4 is 28.4 Å². The van der Waals surface area contributed by atoms with E-state index in [2.05, 4.69) is 10.4 Å². The molecular formula is C17H15ClFN3O. The maximum Gasteiger partial charge on any atom is 0.222 e. The van der Waals surface area contributed by atoms with Gasteiger partial charge >= 0.3 is 0 Å². The molecule has 23 heavy (non-hydrogen) atoms.